The van der Waals surface area contributed by atoms with E-state index in [0.29, 0.717) is 28.4 Å². The molecule has 2 rings (SSSR count). The van der Waals surface area contributed by atoms with Crippen molar-refractivity contribution in [1.82, 2.24) is 15.0 Å². The molecule has 0 aliphatic rings. The lowest BCUT2D eigenvalue weighted by Gasteiger charge is -2.08. The van der Waals surface area contributed by atoms with Gasteiger partial charge in [0.1, 0.15) is 18.0 Å². The van der Waals surface area contributed by atoms with Gasteiger partial charge in [0.05, 0.1) is 17.8 Å². The summed E-state index contributed by atoms with van der Waals surface area (Å²) in [6.07, 6.45) is 0.597. The highest BCUT2D eigenvalue weighted by molar-refractivity contribution is 6.32. The Morgan fingerprint density at radius 3 is 2.86 bits per heavy atom. The number of rotatable bonds is 5. The topological polar surface area (TPSA) is 86.1 Å². The number of aldehydes is 1. The predicted molar refractivity (Wildman–Crippen MR) is 76.8 cm³/mol. The van der Waals surface area contributed by atoms with Crippen LogP contribution < -0.4 is 10.1 Å². The molecule has 8 heteroatoms. The molecule has 0 bridgehead atoms. The summed E-state index contributed by atoms with van der Waals surface area (Å²) in [5.41, 5.74) is 1.29. The number of nitrogens with one attached hydrogen (secondary N) is 1. The summed E-state index contributed by atoms with van der Waals surface area (Å²) < 4.78 is 6.38. The maximum atomic E-state index is 11.9. The summed E-state index contributed by atoms with van der Waals surface area (Å²) in [6.45, 7) is 1.62. The predicted octanol–water partition coefficient (Wildman–Crippen LogP) is 1.70. The van der Waals surface area contributed by atoms with Crippen LogP contribution in [-0.4, -0.2) is 34.3 Å². The molecule has 0 aliphatic carbocycles. The number of hydrogen-bond donors (Lipinski definition) is 1. The third-order valence-electron chi connectivity index (χ3n) is 2.86. The first-order valence-electron chi connectivity index (χ1n) is 6.03. The summed E-state index contributed by atoms with van der Waals surface area (Å²) in [6, 6.07) is 4.92. The van der Waals surface area contributed by atoms with Crippen LogP contribution in [0.1, 0.15) is 16.2 Å². The minimum Gasteiger partial charge on any atom is -0.495 e. The third kappa shape index (κ3) is 3.38. The Kier molecular flexibility index (Phi) is 4.54. The normalized spacial score (nSPS) is 10.2. The van der Waals surface area contributed by atoms with Crippen molar-refractivity contribution in [2.24, 2.45) is 0 Å². The van der Waals surface area contributed by atoms with Gasteiger partial charge in [-0.05, 0) is 25.1 Å². The number of anilines is 1. The van der Waals surface area contributed by atoms with Crippen LogP contribution in [0.3, 0.4) is 0 Å². The van der Waals surface area contributed by atoms with Crippen LogP contribution >= 0.6 is 11.6 Å². The fourth-order valence-corrected chi connectivity index (χ4v) is 1.97. The number of aromatic nitrogens is 3. The smallest absolute Gasteiger partial charge is 0.246 e. The zero-order valence-electron chi connectivity index (χ0n) is 11.5. The average Bonchev–Trinajstić information content (AvgIpc) is 2.79. The lowest BCUT2D eigenvalue weighted by molar-refractivity contribution is -0.117. The fraction of sp³-hybridized carbons (Fsp3) is 0.231. The van der Waals surface area contributed by atoms with E-state index in [0.717, 1.165) is 0 Å². The van der Waals surface area contributed by atoms with E-state index in [1.54, 1.807) is 25.1 Å². The van der Waals surface area contributed by atoms with Crippen LogP contribution in [0, 0.1) is 6.92 Å². The lowest BCUT2D eigenvalue weighted by Crippen LogP contribution is -2.20. The van der Waals surface area contributed by atoms with Gasteiger partial charge in [-0.2, -0.15) is 0 Å². The molecule has 110 valence electrons. The summed E-state index contributed by atoms with van der Waals surface area (Å²) in [5.74, 6) is 0.221. The fourth-order valence-electron chi connectivity index (χ4n) is 1.71. The summed E-state index contributed by atoms with van der Waals surface area (Å²) >= 11 is 5.98. The Hall–Kier alpha value is -2.41. The van der Waals surface area contributed by atoms with Crippen molar-refractivity contribution >= 4 is 29.5 Å². The monoisotopic (exact) mass is 308 g/mol. The molecule has 1 aromatic heterocycles. The van der Waals surface area contributed by atoms with Crippen LogP contribution in [0.5, 0.6) is 5.75 Å². The molecule has 0 spiro atoms. The Balaban J connectivity index is 2.06. The van der Waals surface area contributed by atoms with Gasteiger partial charge in [-0.15, -0.1) is 5.10 Å². The van der Waals surface area contributed by atoms with Gasteiger partial charge in [0.25, 0.3) is 0 Å². The molecule has 0 fully saturated rings. The summed E-state index contributed by atoms with van der Waals surface area (Å²) in [5, 5.41) is 10.5. The molecule has 1 heterocycles. The van der Waals surface area contributed by atoms with E-state index < -0.39 is 0 Å². The van der Waals surface area contributed by atoms with Crippen molar-refractivity contribution in [3.05, 3.63) is 34.6 Å². The largest absolute Gasteiger partial charge is 0.495 e. The number of halogens is 1. The molecule has 21 heavy (non-hydrogen) atoms. The first kappa shape index (κ1) is 15.0. The first-order valence-corrected chi connectivity index (χ1v) is 6.41. The van der Waals surface area contributed by atoms with Crippen LogP contribution in [-0.2, 0) is 11.3 Å². The Morgan fingerprint density at radius 2 is 2.29 bits per heavy atom. The highest BCUT2D eigenvalue weighted by Gasteiger charge is 2.11. The second-order valence-corrected chi connectivity index (χ2v) is 4.64. The minimum atomic E-state index is -0.304. The number of amides is 1. The van der Waals surface area contributed by atoms with Crippen molar-refractivity contribution in [3.63, 3.8) is 0 Å². The minimum absolute atomic E-state index is 0.0453. The molecule has 1 amide bonds. The molecule has 7 nitrogen and oxygen atoms in total. The Morgan fingerprint density at radius 1 is 1.52 bits per heavy atom. The highest BCUT2D eigenvalue weighted by Crippen LogP contribution is 2.27. The van der Waals surface area contributed by atoms with Crippen LogP contribution in [0.15, 0.2) is 18.2 Å². The van der Waals surface area contributed by atoms with Crippen molar-refractivity contribution in [2.45, 2.75) is 13.5 Å². The second-order valence-electron chi connectivity index (χ2n) is 4.23. The van der Waals surface area contributed by atoms with E-state index in [1.165, 1.54) is 11.8 Å². The standard InChI is InChI=1S/C13H13ClN4O3/c1-8-11(7-19)16-17-18(8)6-13(20)15-9-3-4-12(21-2)10(14)5-9/h3-5,7H,6H2,1-2H3,(H,15,20). The molecular weight excluding hydrogens is 296 g/mol. The van der Waals surface area contributed by atoms with Gasteiger partial charge in [0.15, 0.2) is 6.29 Å². The molecule has 0 radical (unpaired) electrons. The molecule has 0 aliphatic heterocycles. The summed E-state index contributed by atoms with van der Waals surface area (Å²) in [4.78, 5) is 22.6. The van der Waals surface area contributed by atoms with E-state index in [1.807, 2.05) is 0 Å². The second kappa shape index (κ2) is 6.36. The Bertz CT molecular complexity index is 684. The number of carbonyl (C=O) groups excluding carboxylic acids is 2. The zero-order chi connectivity index (χ0) is 15.4. The number of hydrogen-bond acceptors (Lipinski definition) is 5. The van der Waals surface area contributed by atoms with E-state index in [9.17, 15) is 9.59 Å². The molecule has 2 aromatic rings. The molecular formula is C13H13ClN4O3. The van der Waals surface area contributed by atoms with E-state index in [-0.39, 0.29) is 18.1 Å². The van der Waals surface area contributed by atoms with Crippen molar-refractivity contribution in [2.75, 3.05) is 12.4 Å². The Labute approximate surface area is 125 Å². The van der Waals surface area contributed by atoms with Gasteiger partial charge in [-0.1, -0.05) is 16.8 Å². The molecule has 1 aromatic carbocycles. The van der Waals surface area contributed by atoms with Gasteiger partial charge in [-0.25, -0.2) is 4.68 Å². The van der Waals surface area contributed by atoms with Crippen molar-refractivity contribution in [1.29, 1.82) is 0 Å². The van der Waals surface area contributed by atoms with Gasteiger partial charge < -0.3 is 10.1 Å². The number of benzene rings is 1. The SMILES string of the molecule is COc1ccc(NC(=O)Cn2nnc(C=O)c2C)cc1Cl. The zero-order valence-corrected chi connectivity index (χ0v) is 12.2. The van der Waals surface area contributed by atoms with Crippen molar-refractivity contribution < 1.29 is 14.3 Å². The van der Waals surface area contributed by atoms with E-state index >= 15 is 0 Å². The third-order valence-corrected chi connectivity index (χ3v) is 3.15. The van der Waals surface area contributed by atoms with Gasteiger partial charge >= 0.3 is 0 Å². The number of methoxy groups -OCH3 is 1. The molecule has 0 saturated heterocycles. The number of ether oxygens (including phenoxy) is 1. The van der Waals surface area contributed by atoms with Gasteiger partial charge in [-0.3, -0.25) is 9.59 Å². The maximum absolute atomic E-state index is 11.9. The molecule has 0 unspecified atom stereocenters. The lowest BCUT2D eigenvalue weighted by atomic mass is 10.3. The van der Waals surface area contributed by atoms with Crippen LogP contribution in [0.25, 0.3) is 0 Å². The molecule has 1 N–H and O–H groups in total. The quantitative estimate of drug-likeness (QED) is 0.850. The average molecular weight is 309 g/mol. The number of nitrogens with zero attached hydrogens (tertiary/aromatic N) is 3. The van der Waals surface area contributed by atoms with E-state index in [2.05, 4.69) is 15.6 Å². The van der Waals surface area contributed by atoms with E-state index in [4.69, 9.17) is 16.3 Å². The van der Waals surface area contributed by atoms with Crippen LogP contribution in [0.2, 0.25) is 5.02 Å². The molecule has 0 saturated carbocycles. The van der Waals surface area contributed by atoms with Gasteiger partial charge in [0.2, 0.25) is 5.91 Å². The van der Waals surface area contributed by atoms with Crippen molar-refractivity contribution in [3.8, 4) is 5.75 Å². The molecule has 0 atom stereocenters. The maximum Gasteiger partial charge on any atom is 0.246 e. The summed E-state index contributed by atoms with van der Waals surface area (Å²) in [7, 11) is 1.51. The van der Waals surface area contributed by atoms with Crippen LogP contribution in [0.4, 0.5) is 5.69 Å². The van der Waals surface area contributed by atoms with Gasteiger partial charge in [0, 0.05) is 5.69 Å². The number of carbonyl (C=O) groups is 2. The first-order chi connectivity index (χ1) is 10.0. The highest BCUT2D eigenvalue weighted by atomic mass is 35.5.